The summed E-state index contributed by atoms with van der Waals surface area (Å²) in [5, 5.41) is 17.4. The first-order valence-corrected chi connectivity index (χ1v) is 7.89. The van der Waals surface area contributed by atoms with Gasteiger partial charge in [0.05, 0.1) is 18.4 Å². The molecule has 7 heteroatoms. The van der Waals surface area contributed by atoms with Gasteiger partial charge in [-0.1, -0.05) is 12.1 Å². The smallest absolute Gasteiger partial charge is 0.255 e. The summed E-state index contributed by atoms with van der Waals surface area (Å²) in [5.74, 6) is 0.633. The molecule has 3 aromatic rings. The largest absolute Gasteiger partial charge is 0.497 e. The zero-order valence-corrected chi connectivity index (χ0v) is 13.8. The Morgan fingerprint density at radius 3 is 2.60 bits per heavy atom. The third-order valence-corrected chi connectivity index (χ3v) is 4.29. The van der Waals surface area contributed by atoms with Crippen LogP contribution in [-0.2, 0) is 0 Å². The average molecular weight is 335 g/mol. The van der Waals surface area contributed by atoms with Crippen LogP contribution in [0.4, 0.5) is 5.69 Å². The van der Waals surface area contributed by atoms with Gasteiger partial charge in [-0.3, -0.25) is 4.79 Å². The number of nitrogens with zero attached hydrogens (tertiary/aromatic N) is 2. The van der Waals surface area contributed by atoms with Crippen LogP contribution in [0.15, 0.2) is 42.5 Å². The molecule has 2 heterocycles. The number of nitrogens with one attached hydrogen (secondary N) is 3. The number of fused-ring (bicyclic) bond motifs is 1. The van der Waals surface area contributed by atoms with Gasteiger partial charge in [-0.25, -0.2) is 0 Å². The van der Waals surface area contributed by atoms with Crippen LogP contribution in [0.25, 0.3) is 11.3 Å². The van der Waals surface area contributed by atoms with E-state index in [4.69, 9.17) is 4.74 Å². The maximum atomic E-state index is 12.4. The third-order valence-electron chi connectivity index (χ3n) is 4.29. The summed E-state index contributed by atoms with van der Waals surface area (Å²) in [4.78, 5) is 12.4. The van der Waals surface area contributed by atoms with Gasteiger partial charge >= 0.3 is 0 Å². The van der Waals surface area contributed by atoms with Crippen LogP contribution in [0.5, 0.6) is 5.75 Å². The Morgan fingerprint density at radius 2 is 1.84 bits per heavy atom. The molecule has 7 nitrogen and oxygen atoms in total. The number of amides is 1. The van der Waals surface area contributed by atoms with Crippen molar-refractivity contribution in [2.24, 2.45) is 0 Å². The van der Waals surface area contributed by atoms with Gasteiger partial charge in [0.2, 0.25) is 0 Å². The lowest BCUT2D eigenvalue weighted by molar-refractivity contribution is 0.0935. The number of aryl methyl sites for hydroxylation is 1. The Labute approximate surface area is 144 Å². The molecule has 2 aromatic carbocycles. The van der Waals surface area contributed by atoms with E-state index in [0.717, 1.165) is 22.6 Å². The molecule has 0 spiro atoms. The van der Waals surface area contributed by atoms with Gasteiger partial charge < -0.3 is 15.4 Å². The van der Waals surface area contributed by atoms with Crippen molar-refractivity contribution in [1.82, 2.24) is 20.7 Å². The van der Waals surface area contributed by atoms with Crippen LogP contribution in [-0.4, -0.2) is 28.4 Å². The second-order valence-corrected chi connectivity index (χ2v) is 5.83. The molecule has 0 saturated heterocycles. The fraction of sp³-hybridized carbons (Fsp3) is 0.167. The molecule has 0 fully saturated rings. The molecule has 0 bridgehead atoms. The Balaban J connectivity index is 1.71. The molecule has 1 aliphatic rings. The lowest BCUT2D eigenvalue weighted by Crippen LogP contribution is -2.39. The number of rotatable bonds is 3. The summed E-state index contributed by atoms with van der Waals surface area (Å²) in [7, 11) is 1.62. The fourth-order valence-corrected chi connectivity index (χ4v) is 2.98. The second-order valence-electron chi connectivity index (χ2n) is 5.83. The number of hydrogen-bond donors (Lipinski definition) is 3. The Bertz CT molecular complexity index is 933. The number of methoxy groups -OCH3 is 1. The predicted octanol–water partition coefficient (Wildman–Crippen LogP) is 2.64. The minimum Gasteiger partial charge on any atom is -0.497 e. The molecule has 1 atom stereocenters. The summed E-state index contributed by atoms with van der Waals surface area (Å²) >= 11 is 0. The molecule has 1 amide bonds. The van der Waals surface area contributed by atoms with Crippen molar-refractivity contribution < 1.29 is 9.53 Å². The number of carbonyl (C=O) groups excluding carboxylic acids is 1. The van der Waals surface area contributed by atoms with Crippen molar-refractivity contribution in [3.05, 3.63) is 59.3 Å². The lowest BCUT2D eigenvalue weighted by atomic mass is 10.0. The van der Waals surface area contributed by atoms with Crippen LogP contribution in [0.2, 0.25) is 0 Å². The monoisotopic (exact) mass is 335 g/mol. The number of benzene rings is 2. The molecular formula is C18H17N5O2. The van der Waals surface area contributed by atoms with Gasteiger partial charge in [0.15, 0.2) is 0 Å². The van der Waals surface area contributed by atoms with Crippen molar-refractivity contribution in [2.45, 2.75) is 13.1 Å². The standard InChI is InChI=1S/C18H17N5O2/c1-10-4-3-5-13-14(10)19-17(20-18(13)24)16-15(21-23-22-16)11-6-8-12(25-2)9-7-11/h3-9,17,19H,1-2H3,(H,20,24)(H,21,22,23). The molecule has 3 N–H and O–H groups in total. The topological polar surface area (TPSA) is 91.9 Å². The Hall–Kier alpha value is -3.35. The van der Waals surface area contributed by atoms with Gasteiger partial charge in [0, 0.05) is 5.56 Å². The predicted molar refractivity (Wildman–Crippen MR) is 93.4 cm³/mol. The zero-order valence-electron chi connectivity index (χ0n) is 13.8. The number of carbonyl (C=O) groups is 1. The highest BCUT2D eigenvalue weighted by atomic mass is 16.5. The molecule has 0 aliphatic carbocycles. The number of H-pyrrole nitrogens is 1. The van der Waals surface area contributed by atoms with Crippen molar-refractivity contribution in [1.29, 1.82) is 0 Å². The number of aromatic amines is 1. The van der Waals surface area contributed by atoms with Gasteiger partial charge in [-0.2, -0.15) is 15.4 Å². The normalized spacial score (nSPS) is 15.9. The van der Waals surface area contributed by atoms with Gasteiger partial charge in [0.1, 0.15) is 23.3 Å². The number of ether oxygens (including phenoxy) is 1. The van der Waals surface area contributed by atoms with Crippen LogP contribution < -0.4 is 15.4 Å². The van der Waals surface area contributed by atoms with Crippen LogP contribution >= 0.6 is 0 Å². The first-order valence-electron chi connectivity index (χ1n) is 7.89. The number of anilines is 1. The molecular weight excluding hydrogens is 318 g/mol. The maximum Gasteiger partial charge on any atom is 0.255 e. The average Bonchev–Trinajstić information content (AvgIpc) is 3.12. The maximum absolute atomic E-state index is 12.4. The van der Waals surface area contributed by atoms with Crippen LogP contribution in [0.1, 0.15) is 27.8 Å². The minimum atomic E-state index is -0.461. The first kappa shape index (κ1) is 15.2. The molecule has 4 rings (SSSR count). The van der Waals surface area contributed by atoms with Gasteiger partial charge in [0.25, 0.3) is 5.91 Å². The van der Waals surface area contributed by atoms with E-state index in [0.29, 0.717) is 17.0 Å². The molecule has 1 aromatic heterocycles. The highest BCUT2D eigenvalue weighted by molar-refractivity contribution is 6.02. The SMILES string of the molecule is COc1ccc(-c2n[nH]nc2C2NC(=O)c3cccc(C)c3N2)cc1. The summed E-state index contributed by atoms with van der Waals surface area (Å²) in [6.07, 6.45) is -0.461. The summed E-state index contributed by atoms with van der Waals surface area (Å²) in [6.45, 7) is 1.97. The molecule has 0 radical (unpaired) electrons. The van der Waals surface area contributed by atoms with Crippen LogP contribution in [0.3, 0.4) is 0 Å². The van der Waals surface area contributed by atoms with Gasteiger partial charge in [-0.05, 0) is 42.8 Å². The zero-order chi connectivity index (χ0) is 17.4. The Morgan fingerprint density at radius 1 is 1.04 bits per heavy atom. The van der Waals surface area contributed by atoms with E-state index in [-0.39, 0.29) is 5.91 Å². The number of para-hydroxylation sites is 1. The highest BCUT2D eigenvalue weighted by Crippen LogP contribution is 2.32. The molecule has 1 unspecified atom stereocenters. The number of hydrogen-bond acceptors (Lipinski definition) is 5. The molecule has 25 heavy (non-hydrogen) atoms. The quantitative estimate of drug-likeness (QED) is 0.684. The van der Waals surface area contributed by atoms with Crippen molar-refractivity contribution in [3.63, 3.8) is 0 Å². The molecule has 0 saturated carbocycles. The van der Waals surface area contributed by atoms with Crippen molar-refractivity contribution in [3.8, 4) is 17.0 Å². The third kappa shape index (κ3) is 2.59. The van der Waals surface area contributed by atoms with E-state index in [2.05, 4.69) is 26.0 Å². The van der Waals surface area contributed by atoms with Gasteiger partial charge in [-0.15, -0.1) is 0 Å². The van der Waals surface area contributed by atoms with Crippen molar-refractivity contribution in [2.75, 3.05) is 12.4 Å². The minimum absolute atomic E-state index is 0.133. The highest BCUT2D eigenvalue weighted by Gasteiger charge is 2.29. The second kappa shape index (κ2) is 5.94. The summed E-state index contributed by atoms with van der Waals surface area (Å²) < 4.78 is 5.19. The van der Waals surface area contributed by atoms with E-state index < -0.39 is 6.17 Å². The Kier molecular flexibility index (Phi) is 3.61. The summed E-state index contributed by atoms with van der Waals surface area (Å²) in [5.41, 5.74) is 4.65. The molecule has 126 valence electrons. The van der Waals surface area contributed by atoms with E-state index in [1.165, 1.54) is 0 Å². The first-order chi connectivity index (χ1) is 12.2. The van der Waals surface area contributed by atoms with E-state index in [9.17, 15) is 4.79 Å². The van der Waals surface area contributed by atoms with E-state index in [1.54, 1.807) is 13.2 Å². The van der Waals surface area contributed by atoms with E-state index >= 15 is 0 Å². The van der Waals surface area contributed by atoms with Crippen LogP contribution in [0, 0.1) is 6.92 Å². The summed E-state index contributed by atoms with van der Waals surface area (Å²) in [6, 6.07) is 13.2. The number of aromatic nitrogens is 3. The lowest BCUT2D eigenvalue weighted by Gasteiger charge is -2.28. The van der Waals surface area contributed by atoms with E-state index in [1.807, 2.05) is 43.3 Å². The van der Waals surface area contributed by atoms with Crippen molar-refractivity contribution >= 4 is 11.6 Å². The molecule has 1 aliphatic heterocycles. The fourth-order valence-electron chi connectivity index (χ4n) is 2.98.